The molecule has 0 radical (unpaired) electrons. The number of guanidine groups is 1. The van der Waals surface area contributed by atoms with E-state index in [1.54, 1.807) is 0 Å². The molecule has 0 saturated heterocycles. The summed E-state index contributed by atoms with van der Waals surface area (Å²) in [7, 11) is 0. The predicted octanol–water partition coefficient (Wildman–Crippen LogP) is 1.43. The Bertz CT molecular complexity index is 567. The molecular formula is C14H17N3O. The third-order valence-electron chi connectivity index (χ3n) is 3.26. The lowest BCUT2D eigenvalue weighted by Gasteiger charge is -2.08. The number of hydrogen-bond acceptors (Lipinski definition) is 1. The molecule has 1 aromatic carbocycles. The summed E-state index contributed by atoms with van der Waals surface area (Å²) in [5.41, 5.74) is 16.4. The number of nitrogens with zero attached hydrogens (tertiary/aromatic N) is 1. The predicted molar refractivity (Wildman–Crippen MR) is 73.0 cm³/mol. The number of carbonyl (C=O) groups excluding carboxylic acids is 1. The van der Waals surface area contributed by atoms with Gasteiger partial charge in [0.25, 0.3) is 5.91 Å². The van der Waals surface area contributed by atoms with E-state index in [0.29, 0.717) is 0 Å². The van der Waals surface area contributed by atoms with Crippen LogP contribution in [-0.2, 0) is 11.2 Å². The molecule has 0 aliphatic heterocycles. The quantitative estimate of drug-likeness (QED) is 0.445. The normalized spacial score (nSPS) is 15.6. The largest absolute Gasteiger partial charge is 0.370 e. The van der Waals surface area contributed by atoms with Crippen molar-refractivity contribution in [2.45, 2.75) is 26.7 Å². The number of aryl methyl sites for hydroxylation is 2. The first-order valence-corrected chi connectivity index (χ1v) is 5.92. The summed E-state index contributed by atoms with van der Waals surface area (Å²) in [5.74, 6) is -0.588. The SMILES string of the molecule is Cc1ccc(C)c2c1CC/C2=C\C(=O)N=C(N)N. The van der Waals surface area contributed by atoms with Crippen LogP contribution in [0.4, 0.5) is 0 Å². The molecule has 0 aromatic heterocycles. The van der Waals surface area contributed by atoms with Crippen molar-refractivity contribution in [3.8, 4) is 0 Å². The average molecular weight is 243 g/mol. The molecule has 0 spiro atoms. The first kappa shape index (κ1) is 12.4. The number of fused-ring (bicyclic) bond motifs is 1. The molecule has 0 atom stereocenters. The maximum atomic E-state index is 11.6. The molecule has 94 valence electrons. The molecule has 1 aliphatic carbocycles. The second kappa shape index (κ2) is 4.64. The van der Waals surface area contributed by atoms with E-state index in [9.17, 15) is 4.79 Å². The van der Waals surface area contributed by atoms with E-state index in [-0.39, 0.29) is 5.96 Å². The number of carbonyl (C=O) groups is 1. The molecule has 0 heterocycles. The van der Waals surface area contributed by atoms with Gasteiger partial charge in [0.15, 0.2) is 5.96 Å². The van der Waals surface area contributed by atoms with Crippen LogP contribution >= 0.6 is 0 Å². The molecule has 0 fully saturated rings. The lowest BCUT2D eigenvalue weighted by Crippen LogP contribution is -2.23. The summed E-state index contributed by atoms with van der Waals surface area (Å²) in [6.07, 6.45) is 3.38. The van der Waals surface area contributed by atoms with Gasteiger partial charge in [0.1, 0.15) is 0 Å². The minimum Gasteiger partial charge on any atom is -0.370 e. The Morgan fingerprint density at radius 3 is 2.56 bits per heavy atom. The van der Waals surface area contributed by atoms with Crippen molar-refractivity contribution in [1.29, 1.82) is 0 Å². The fourth-order valence-electron chi connectivity index (χ4n) is 2.48. The Labute approximate surface area is 106 Å². The monoisotopic (exact) mass is 243 g/mol. The van der Waals surface area contributed by atoms with Gasteiger partial charge >= 0.3 is 0 Å². The third-order valence-corrected chi connectivity index (χ3v) is 3.26. The topological polar surface area (TPSA) is 81.5 Å². The lowest BCUT2D eigenvalue weighted by atomic mass is 9.97. The number of allylic oxidation sites excluding steroid dienone is 1. The van der Waals surface area contributed by atoms with Gasteiger partial charge in [-0.15, -0.1) is 0 Å². The third kappa shape index (κ3) is 2.27. The van der Waals surface area contributed by atoms with Gasteiger partial charge in [-0.05, 0) is 54.5 Å². The molecule has 2 rings (SSSR count). The first-order chi connectivity index (χ1) is 8.49. The van der Waals surface area contributed by atoms with Gasteiger partial charge in [-0.25, -0.2) is 0 Å². The Morgan fingerprint density at radius 2 is 1.89 bits per heavy atom. The number of rotatable bonds is 1. The molecule has 1 aromatic rings. The second-order valence-corrected chi connectivity index (χ2v) is 4.60. The Kier molecular flexibility index (Phi) is 3.19. The van der Waals surface area contributed by atoms with E-state index >= 15 is 0 Å². The van der Waals surface area contributed by atoms with E-state index < -0.39 is 5.91 Å². The van der Waals surface area contributed by atoms with Crippen LogP contribution in [0.1, 0.15) is 28.7 Å². The lowest BCUT2D eigenvalue weighted by molar-refractivity contribution is -0.113. The average Bonchev–Trinajstić information content (AvgIpc) is 2.67. The summed E-state index contributed by atoms with van der Waals surface area (Å²) in [6, 6.07) is 4.20. The zero-order valence-electron chi connectivity index (χ0n) is 10.7. The van der Waals surface area contributed by atoms with Crippen LogP contribution in [-0.4, -0.2) is 11.9 Å². The van der Waals surface area contributed by atoms with Crippen molar-refractivity contribution in [1.82, 2.24) is 0 Å². The van der Waals surface area contributed by atoms with Gasteiger partial charge in [-0.3, -0.25) is 4.79 Å². The molecule has 4 heteroatoms. The van der Waals surface area contributed by atoms with E-state index in [1.165, 1.54) is 28.3 Å². The fourth-order valence-corrected chi connectivity index (χ4v) is 2.48. The standard InChI is InChI=1S/C14H17N3O/c1-8-3-4-9(2)13-10(5-6-11(8)13)7-12(18)17-14(15)16/h3-4,7H,5-6H2,1-2H3,(H4,15,16,17,18)/b10-7+. The summed E-state index contributed by atoms with van der Waals surface area (Å²) < 4.78 is 0. The van der Waals surface area contributed by atoms with Crippen molar-refractivity contribution >= 4 is 17.4 Å². The van der Waals surface area contributed by atoms with Crippen molar-refractivity contribution < 1.29 is 4.79 Å². The van der Waals surface area contributed by atoms with Crippen molar-refractivity contribution in [3.63, 3.8) is 0 Å². The van der Waals surface area contributed by atoms with E-state index in [2.05, 4.69) is 31.0 Å². The van der Waals surface area contributed by atoms with Crippen LogP contribution in [0.3, 0.4) is 0 Å². The van der Waals surface area contributed by atoms with Gasteiger partial charge in [0, 0.05) is 6.08 Å². The highest BCUT2D eigenvalue weighted by atomic mass is 16.1. The maximum absolute atomic E-state index is 11.6. The zero-order valence-corrected chi connectivity index (χ0v) is 10.7. The zero-order chi connectivity index (χ0) is 13.3. The fraction of sp³-hybridized carbons (Fsp3) is 0.286. The molecule has 18 heavy (non-hydrogen) atoms. The molecule has 1 aliphatic rings. The van der Waals surface area contributed by atoms with Crippen molar-refractivity contribution in [2.24, 2.45) is 16.5 Å². The van der Waals surface area contributed by atoms with Crippen LogP contribution in [0.25, 0.3) is 5.57 Å². The molecular weight excluding hydrogens is 226 g/mol. The molecule has 4 N–H and O–H groups in total. The van der Waals surface area contributed by atoms with Crippen LogP contribution in [0.15, 0.2) is 23.2 Å². The van der Waals surface area contributed by atoms with Crippen LogP contribution in [0.5, 0.6) is 0 Å². The number of aliphatic imine (C=N–C) groups is 1. The maximum Gasteiger partial charge on any atom is 0.273 e. The van der Waals surface area contributed by atoms with Crippen LogP contribution in [0.2, 0.25) is 0 Å². The summed E-state index contributed by atoms with van der Waals surface area (Å²) in [5, 5.41) is 0. The molecule has 1 amide bonds. The van der Waals surface area contributed by atoms with E-state index in [0.717, 1.165) is 18.4 Å². The highest BCUT2D eigenvalue weighted by Gasteiger charge is 2.20. The van der Waals surface area contributed by atoms with E-state index in [1.807, 2.05) is 0 Å². The summed E-state index contributed by atoms with van der Waals surface area (Å²) >= 11 is 0. The molecule has 0 bridgehead atoms. The second-order valence-electron chi connectivity index (χ2n) is 4.60. The number of nitrogens with two attached hydrogens (primary N) is 2. The first-order valence-electron chi connectivity index (χ1n) is 5.92. The Balaban J connectivity index is 2.43. The number of hydrogen-bond donors (Lipinski definition) is 2. The van der Waals surface area contributed by atoms with Crippen molar-refractivity contribution in [2.75, 3.05) is 0 Å². The smallest absolute Gasteiger partial charge is 0.273 e. The minimum atomic E-state index is -0.390. The van der Waals surface area contributed by atoms with Crippen LogP contribution < -0.4 is 11.5 Å². The molecule has 0 unspecified atom stereocenters. The van der Waals surface area contributed by atoms with Crippen LogP contribution in [0, 0.1) is 13.8 Å². The number of benzene rings is 1. The molecule has 4 nitrogen and oxygen atoms in total. The minimum absolute atomic E-state index is 0.198. The van der Waals surface area contributed by atoms with Gasteiger partial charge in [-0.2, -0.15) is 4.99 Å². The van der Waals surface area contributed by atoms with Gasteiger partial charge in [0.2, 0.25) is 0 Å². The number of amides is 1. The molecule has 0 saturated carbocycles. The summed E-state index contributed by atoms with van der Waals surface area (Å²) in [6.45, 7) is 4.15. The Hall–Kier alpha value is -2.10. The Morgan fingerprint density at radius 1 is 1.22 bits per heavy atom. The highest BCUT2D eigenvalue weighted by molar-refractivity contribution is 6.02. The highest BCUT2D eigenvalue weighted by Crippen LogP contribution is 2.36. The van der Waals surface area contributed by atoms with Gasteiger partial charge < -0.3 is 11.5 Å². The van der Waals surface area contributed by atoms with Gasteiger partial charge in [-0.1, -0.05) is 12.1 Å². The van der Waals surface area contributed by atoms with E-state index in [4.69, 9.17) is 11.5 Å². The van der Waals surface area contributed by atoms with Gasteiger partial charge in [0.05, 0.1) is 0 Å². The summed E-state index contributed by atoms with van der Waals surface area (Å²) in [4.78, 5) is 15.1. The van der Waals surface area contributed by atoms with Crippen molar-refractivity contribution in [3.05, 3.63) is 40.5 Å².